The molecule has 5 heteroatoms. The highest BCUT2D eigenvalue weighted by molar-refractivity contribution is 5.76. The Morgan fingerprint density at radius 1 is 1.53 bits per heavy atom. The molecule has 0 spiro atoms. The van der Waals surface area contributed by atoms with E-state index in [9.17, 15) is 9.18 Å². The first-order valence-electron chi connectivity index (χ1n) is 6.37. The molecule has 1 saturated heterocycles. The third-order valence-electron chi connectivity index (χ3n) is 3.39. The highest BCUT2D eigenvalue weighted by atomic mass is 19.1. The van der Waals surface area contributed by atoms with Crippen molar-refractivity contribution >= 4 is 5.91 Å². The van der Waals surface area contributed by atoms with Crippen LogP contribution in [0.4, 0.5) is 4.39 Å². The Bertz CT molecular complexity index is 461. The molecule has 4 nitrogen and oxygen atoms in total. The molecule has 1 fully saturated rings. The van der Waals surface area contributed by atoms with Gasteiger partial charge in [0.1, 0.15) is 0 Å². The van der Waals surface area contributed by atoms with Gasteiger partial charge >= 0.3 is 0 Å². The zero-order valence-corrected chi connectivity index (χ0v) is 11.3. The number of rotatable bonds is 5. The number of hydrogen-bond donors (Lipinski definition) is 1. The summed E-state index contributed by atoms with van der Waals surface area (Å²) in [5.74, 6) is 0.368. The maximum Gasteiger partial charge on any atom is 0.222 e. The van der Waals surface area contributed by atoms with Gasteiger partial charge in [-0.1, -0.05) is 6.07 Å². The number of methoxy groups -OCH3 is 1. The van der Waals surface area contributed by atoms with E-state index in [0.29, 0.717) is 18.9 Å². The van der Waals surface area contributed by atoms with Crippen molar-refractivity contribution in [3.8, 4) is 5.75 Å². The van der Waals surface area contributed by atoms with E-state index in [0.717, 1.165) is 18.7 Å². The van der Waals surface area contributed by atoms with Gasteiger partial charge in [0.15, 0.2) is 11.6 Å². The Morgan fingerprint density at radius 2 is 2.26 bits per heavy atom. The molecule has 104 valence electrons. The number of hydrogen-bond acceptors (Lipinski definition) is 3. The maximum atomic E-state index is 13.5. The number of halogens is 1. The van der Waals surface area contributed by atoms with Crippen molar-refractivity contribution in [3.05, 3.63) is 29.6 Å². The van der Waals surface area contributed by atoms with Gasteiger partial charge in [-0.25, -0.2) is 4.39 Å². The number of nitrogens with one attached hydrogen (secondary N) is 1. The first-order valence-corrected chi connectivity index (χ1v) is 6.37. The number of benzene rings is 1. The van der Waals surface area contributed by atoms with Gasteiger partial charge in [0.2, 0.25) is 5.91 Å². The van der Waals surface area contributed by atoms with Crippen molar-refractivity contribution < 1.29 is 13.9 Å². The lowest BCUT2D eigenvalue weighted by atomic mass is 9.99. The number of ether oxygens (including phenoxy) is 1. The van der Waals surface area contributed by atoms with Crippen molar-refractivity contribution in [2.75, 3.05) is 27.2 Å². The Hall–Kier alpha value is -1.62. The lowest BCUT2D eigenvalue weighted by molar-refractivity contribution is -0.131. The molecule has 1 aromatic rings. The molecule has 0 radical (unpaired) electrons. The first-order chi connectivity index (χ1) is 9.10. The van der Waals surface area contributed by atoms with Gasteiger partial charge in [0.25, 0.3) is 0 Å². The molecule has 1 heterocycles. The molecule has 0 bridgehead atoms. The fourth-order valence-electron chi connectivity index (χ4n) is 2.07. The molecule has 0 aliphatic carbocycles. The predicted octanol–water partition coefficient (Wildman–Crippen LogP) is 1.40. The molecule has 1 aliphatic rings. The number of nitrogens with zero attached hydrogens (tertiary/aromatic N) is 1. The second kappa shape index (κ2) is 6.02. The Balaban J connectivity index is 1.91. The third-order valence-corrected chi connectivity index (χ3v) is 3.39. The van der Waals surface area contributed by atoms with Crippen LogP contribution in [0.5, 0.6) is 5.75 Å². The fourth-order valence-corrected chi connectivity index (χ4v) is 2.07. The van der Waals surface area contributed by atoms with Crippen molar-refractivity contribution in [2.45, 2.75) is 13.0 Å². The molecule has 1 aliphatic heterocycles. The normalized spacial score (nSPS) is 14.9. The van der Waals surface area contributed by atoms with Gasteiger partial charge in [0, 0.05) is 20.0 Å². The molecule has 0 atom stereocenters. The van der Waals surface area contributed by atoms with Gasteiger partial charge < -0.3 is 15.0 Å². The molecule has 1 aromatic carbocycles. The van der Waals surface area contributed by atoms with Crippen molar-refractivity contribution in [1.29, 1.82) is 0 Å². The average molecular weight is 266 g/mol. The smallest absolute Gasteiger partial charge is 0.222 e. The largest absolute Gasteiger partial charge is 0.494 e. The van der Waals surface area contributed by atoms with Crippen LogP contribution in [0, 0.1) is 11.7 Å². The zero-order valence-electron chi connectivity index (χ0n) is 11.3. The van der Waals surface area contributed by atoms with Crippen LogP contribution in [0.2, 0.25) is 0 Å². The SMILES string of the molecule is COc1ccc(CN(C)C(=O)CC2CNC2)cc1F. The standard InChI is InChI=1S/C14H19FN2O2/c1-17(14(18)6-11-7-16-8-11)9-10-3-4-13(19-2)12(15)5-10/h3-5,11,16H,6-9H2,1-2H3. The molecular formula is C14H19FN2O2. The van der Waals surface area contributed by atoms with Crippen LogP contribution in [-0.4, -0.2) is 38.1 Å². The summed E-state index contributed by atoms with van der Waals surface area (Å²) < 4.78 is 18.4. The van der Waals surface area contributed by atoms with Crippen LogP contribution in [0.1, 0.15) is 12.0 Å². The van der Waals surface area contributed by atoms with Crippen LogP contribution in [0.15, 0.2) is 18.2 Å². The van der Waals surface area contributed by atoms with Crippen molar-refractivity contribution in [2.24, 2.45) is 5.92 Å². The number of carbonyl (C=O) groups is 1. The molecular weight excluding hydrogens is 247 g/mol. The van der Waals surface area contributed by atoms with Crippen LogP contribution >= 0.6 is 0 Å². The monoisotopic (exact) mass is 266 g/mol. The molecule has 2 rings (SSSR count). The molecule has 0 aromatic heterocycles. The molecule has 1 amide bonds. The summed E-state index contributed by atoms with van der Waals surface area (Å²) in [5, 5.41) is 3.14. The highest BCUT2D eigenvalue weighted by Crippen LogP contribution is 2.19. The third kappa shape index (κ3) is 3.44. The first kappa shape index (κ1) is 13.8. The van der Waals surface area contributed by atoms with Gasteiger partial charge in [-0.05, 0) is 36.7 Å². The second-order valence-corrected chi connectivity index (χ2v) is 4.95. The molecule has 1 N–H and O–H groups in total. The van der Waals surface area contributed by atoms with E-state index in [2.05, 4.69) is 5.32 Å². The Kier molecular flexibility index (Phi) is 4.37. The van der Waals surface area contributed by atoms with Gasteiger partial charge in [-0.3, -0.25) is 4.79 Å². The predicted molar refractivity (Wildman–Crippen MR) is 70.4 cm³/mol. The summed E-state index contributed by atoms with van der Waals surface area (Å²) in [4.78, 5) is 13.6. The number of carbonyl (C=O) groups excluding carboxylic acids is 1. The topological polar surface area (TPSA) is 41.6 Å². The fraction of sp³-hybridized carbons (Fsp3) is 0.500. The summed E-state index contributed by atoms with van der Waals surface area (Å²) in [6.07, 6.45) is 0.558. The van der Waals surface area contributed by atoms with E-state index < -0.39 is 5.82 Å². The lowest BCUT2D eigenvalue weighted by Crippen LogP contribution is -2.44. The highest BCUT2D eigenvalue weighted by Gasteiger charge is 2.22. The van der Waals surface area contributed by atoms with E-state index in [4.69, 9.17) is 4.74 Å². The van der Waals surface area contributed by atoms with Crippen LogP contribution in [0.3, 0.4) is 0 Å². The minimum absolute atomic E-state index is 0.0997. The van der Waals surface area contributed by atoms with E-state index in [-0.39, 0.29) is 11.7 Å². The van der Waals surface area contributed by atoms with E-state index in [1.54, 1.807) is 24.1 Å². The summed E-state index contributed by atoms with van der Waals surface area (Å²) in [6, 6.07) is 4.77. The van der Waals surface area contributed by atoms with E-state index in [1.807, 2.05) is 0 Å². The Labute approximate surface area is 112 Å². The van der Waals surface area contributed by atoms with Crippen LogP contribution in [0.25, 0.3) is 0 Å². The number of amides is 1. The average Bonchev–Trinajstić information content (AvgIpc) is 2.33. The van der Waals surface area contributed by atoms with Crippen LogP contribution < -0.4 is 10.1 Å². The van der Waals surface area contributed by atoms with Gasteiger partial charge in [-0.15, -0.1) is 0 Å². The summed E-state index contributed by atoms with van der Waals surface area (Å²) in [6.45, 7) is 2.24. The summed E-state index contributed by atoms with van der Waals surface area (Å²) in [7, 11) is 3.18. The minimum atomic E-state index is -0.399. The van der Waals surface area contributed by atoms with Crippen LogP contribution in [-0.2, 0) is 11.3 Å². The molecule has 0 saturated carbocycles. The van der Waals surface area contributed by atoms with E-state index >= 15 is 0 Å². The van der Waals surface area contributed by atoms with Crippen molar-refractivity contribution in [1.82, 2.24) is 10.2 Å². The van der Waals surface area contributed by atoms with Gasteiger partial charge in [0.05, 0.1) is 7.11 Å². The van der Waals surface area contributed by atoms with Gasteiger partial charge in [-0.2, -0.15) is 0 Å². The summed E-state index contributed by atoms with van der Waals surface area (Å²) >= 11 is 0. The molecule has 0 unspecified atom stereocenters. The Morgan fingerprint density at radius 3 is 2.79 bits per heavy atom. The van der Waals surface area contributed by atoms with Crippen molar-refractivity contribution in [3.63, 3.8) is 0 Å². The maximum absolute atomic E-state index is 13.5. The quantitative estimate of drug-likeness (QED) is 0.876. The lowest BCUT2D eigenvalue weighted by Gasteiger charge is -2.28. The zero-order chi connectivity index (χ0) is 13.8. The summed E-state index contributed by atoms with van der Waals surface area (Å²) in [5.41, 5.74) is 0.765. The minimum Gasteiger partial charge on any atom is -0.494 e. The second-order valence-electron chi connectivity index (χ2n) is 4.95. The molecule has 19 heavy (non-hydrogen) atoms. The van der Waals surface area contributed by atoms with E-state index in [1.165, 1.54) is 13.2 Å².